The lowest BCUT2D eigenvalue weighted by atomic mass is 9.90. The van der Waals surface area contributed by atoms with Crippen molar-refractivity contribution in [2.45, 2.75) is 32.9 Å². The van der Waals surface area contributed by atoms with Gasteiger partial charge in [0.25, 0.3) is 5.89 Å². The summed E-state index contributed by atoms with van der Waals surface area (Å²) in [4.78, 5) is 15.2. The van der Waals surface area contributed by atoms with Crippen molar-refractivity contribution in [1.29, 1.82) is 5.26 Å². The fourth-order valence-electron chi connectivity index (χ4n) is 2.28. The van der Waals surface area contributed by atoms with Crippen molar-refractivity contribution in [1.82, 2.24) is 20.4 Å². The van der Waals surface area contributed by atoms with Gasteiger partial charge in [0, 0.05) is 13.7 Å². The van der Waals surface area contributed by atoms with Gasteiger partial charge in [-0.1, -0.05) is 19.9 Å². The van der Waals surface area contributed by atoms with E-state index in [2.05, 4.69) is 21.6 Å². The Labute approximate surface area is 163 Å². The van der Waals surface area contributed by atoms with Crippen LogP contribution in [0.3, 0.4) is 0 Å². The topological polar surface area (TPSA) is 104 Å². The van der Waals surface area contributed by atoms with Gasteiger partial charge in [-0.25, -0.2) is 0 Å². The van der Waals surface area contributed by atoms with E-state index < -0.39 is 5.54 Å². The molecule has 0 aliphatic rings. The van der Waals surface area contributed by atoms with Gasteiger partial charge >= 0.3 is 0 Å². The van der Waals surface area contributed by atoms with Gasteiger partial charge in [0.15, 0.2) is 0 Å². The smallest absolute Gasteiger partial charge is 0.257 e. The van der Waals surface area contributed by atoms with Crippen LogP contribution in [0.5, 0.6) is 0 Å². The number of methoxy groups -OCH3 is 1. The monoisotopic (exact) mass is 391 g/mol. The summed E-state index contributed by atoms with van der Waals surface area (Å²) in [5.41, 5.74) is -0.916. The van der Waals surface area contributed by atoms with Crippen LogP contribution in [0.1, 0.15) is 26.7 Å². The van der Waals surface area contributed by atoms with Crippen LogP contribution in [0.25, 0.3) is 10.8 Å². The van der Waals surface area contributed by atoms with Gasteiger partial charge in [-0.3, -0.25) is 9.69 Å². The first kappa shape index (κ1) is 21.0. The standard InChI is InChI=1S/C18H25N5O3S/c1-13(2)18(3,12-19)20-15(24)10-23(7-8-25-4)11-16-21-22-17(26-16)14-6-5-9-27-14/h5-6,9,13H,7-8,10-11H2,1-4H3,(H,20,24)/t18-/m1/s1. The predicted molar refractivity (Wildman–Crippen MR) is 102 cm³/mol. The number of ether oxygens (including phenoxy) is 1. The van der Waals surface area contributed by atoms with E-state index >= 15 is 0 Å². The van der Waals surface area contributed by atoms with Gasteiger partial charge in [0.05, 0.1) is 30.6 Å². The van der Waals surface area contributed by atoms with Crippen molar-refractivity contribution < 1.29 is 13.9 Å². The van der Waals surface area contributed by atoms with E-state index in [1.54, 1.807) is 14.0 Å². The predicted octanol–water partition coefficient (Wildman–Crippen LogP) is 2.30. The number of carbonyl (C=O) groups excluding carboxylic acids is 1. The molecule has 2 aromatic rings. The number of hydrogen-bond acceptors (Lipinski definition) is 8. The molecule has 0 saturated carbocycles. The number of thiophene rings is 1. The van der Waals surface area contributed by atoms with Crippen molar-refractivity contribution in [3.05, 3.63) is 23.4 Å². The van der Waals surface area contributed by atoms with E-state index in [1.807, 2.05) is 36.3 Å². The molecule has 9 heteroatoms. The molecule has 2 aromatic heterocycles. The number of rotatable bonds is 10. The van der Waals surface area contributed by atoms with Crippen LogP contribution in [0, 0.1) is 17.2 Å². The van der Waals surface area contributed by atoms with Crippen molar-refractivity contribution >= 4 is 17.2 Å². The molecule has 0 aliphatic heterocycles. The average Bonchev–Trinajstić information content (AvgIpc) is 3.30. The highest BCUT2D eigenvalue weighted by atomic mass is 32.1. The number of aromatic nitrogens is 2. The summed E-state index contributed by atoms with van der Waals surface area (Å²) in [7, 11) is 1.60. The molecule has 1 atom stereocenters. The molecule has 0 spiro atoms. The molecule has 0 unspecified atom stereocenters. The molecule has 146 valence electrons. The highest BCUT2D eigenvalue weighted by Gasteiger charge is 2.30. The Bertz CT molecular complexity index is 768. The van der Waals surface area contributed by atoms with Gasteiger partial charge in [-0.05, 0) is 24.3 Å². The first-order chi connectivity index (χ1) is 12.9. The van der Waals surface area contributed by atoms with E-state index in [0.29, 0.717) is 31.5 Å². The number of hydrogen-bond donors (Lipinski definition) is 1. The average molecular weight is 391 g/mol. The van der Waals surface area contributed by atoms with Crippen LogP contribution < -0.4 is 5.32 Å². The van der Waals surface area contributed by atoms with Gasteiger partial charge in [0.2, 0.25) is 11.8 Å². The first-order valence-corrected chi connectivity index (χ1v) is 9.55. The molecule has 0 bridgehead atoms. The summed E-state index contributed by atoms with van der Waals surface area (Å²) in [5, 5.41) is 22.3. The zero-order valence-electron chi connectivity index (χ0n) is 16.1. The third-order valence-corrected chi connectivity index (χ3v) is 5.18. The maximum absolute atomic E-state index is 12.5. The molecule has 1 amide bonds. The second kappa shape index (κ2) is 9.60. The minimum absolute atomic E-state index is 0.0110. The summed E-state index contributed by atoms with van der Waals surface area (Å²) >= 11 is 1.52. The Morgan fingerprint density at radius 2 is 2.30 bits per heavy atom. The van der Waals surface area contributed by atoms with Crippen molar-refractivity contribution in [3.8, 4) is 16.8 Å². The first-order valence-electron chi connectivity index (χ1n) is 8.67. The zero-order chi connectivity index (χ0) is 19.9. The fraction of sp³-hybridized carbons (Fsp3) is 0.556. The van der Waals surface area contributed by atoms with Crippen molar-refractivity contribution in [2.24, 2.45) is 5.92 Å². The Balaban J connectivity index is 2.02. The molecule has 0 aliphatic carbocycles. The number of nitrogens with one attached hydrogen (secondary N) is 1. The lowest BCUT2D eigenvalue weighted by molar-refractivity contribution is -0.124. The number of carbonyl (C=O) groups is 1. The summed E-state index contributed by atoms with van der Waals surface area (Å²) in [6, 6.07) is 6.01. The number of nitrogens with zero attached hydrogens (tertiary/aromatic N) is 4. The SMILES string of the molecule is COCCN(CC(=O)N[C@](C)(C#N)C(C)C)Cc1nnc(-c2cccs2)o1. The molecule has 2 rings (SSSR count). The quantitative estimate of drug-likeness (QED) is 0.662. The van der Waals surface area contributed by atoms with E-state index in [-0.39, 0.29) is 18.4 Å². The van der Waals surface area contributed by atoms with E-state index in [4.69, 9.17) is 9.15 Å². The van der Waals surface area contributed by atoms with Crippen LogP contribution in [-0.4, -0.2) is 53.3 Å². The van der Waals surface area contributed by atoms with Gasteiger partial charge < -0.3 is 14.5 Å². The van der Waals surface area contributed by atoms with E-state index in [1.165, 1.54) is 11.3 Å². The molecule has 27 heavy (non-hydrogen) atoms. The summed E-state index contributed by atoms with van der Waals surface area (Å²) < 4.78 is 10.8. The van der Waals surface area contributed by atoms with Crippen LogP contribution in [0.2, 0.25) is 0 Å². The van der Waals surface area contributed by atoms with Crippen molar-refractivity contribution in [3.63, 3.8) is 0 Å². The number of amides is 1. The van der Waals surface area contributed by atoms with Gasteiger partial charge in [0.1, 0.15) is 5.54 Å². The molecular weight excluding hydrogens is 366 g/mol. The lowest BCUT2D eigenvalue weighted by Gasteiger charge is -2.29. The zero-order valence-corrected chi connectivity index (χ0v) is 16.9. The molecule has 0 saturated heterocycles. The van der Waals surface area contributed by atoms with E-state index in [0.717, 1.165) is 4.88 Å². The van der Waals surface area contributed by atoms with Gasteiger partial charge in [-0.2, -0.15) is 5.26 Å². The summed E-state index contributed by atoms with van der Waals surface area (Å²) in [6.07, 6.45) is 0. The summed E-state index contributed by atoms with van der Waals surface area (Å²) in [6.45, 7) is 6.92. The Hall–Kier alpha value is -2.28. The minimum Gasteiger partial charge on any atom is -0.419 e. The molecule has 1 N–H and O–H groups in total. The van der Waals surface area contributed by atoms with Crippen molar-refractivity contribution in [2.75, 3.05) is 26.8 Å². The Morgan fingerprint density at radius 3 is 2.89 bits per heavy atom. The highest BCUT2D eigenvalue weighted by Crippen LogP contribution is 2.23. The fourth-order valence-corrected chi connectivity index (χ4v) is 2.92. The lowest BCUT2D eigenvalue weighted by Crippen LogP contribution is -2.52. The van der Waals surface area contributed by atoms with E-state index in [9.17, 15) is 10.1 Å². The Morgan fingerprint density at radius 1 is 1.52 bits per heavy atom. The van der Waals surface area contributed by atoms with Gasteiger partial charge in [-0.15, -0.1) is 21.5 Å². The maximum Gasteiger partial charge on any atom is 0.257 e. The maximum atomic E-state index is 12.5. The minimum atomic E-state index is -0.916. The molecule has 2 heterocycles. The molecule has 8 nitrogen and oxygen atoms in total. The third kappa shape index (κ3) is 5.85. The van der Waals surface area contributed by atoms with Crippen LogP contribution in [0.4, 0.5) is 0 Å². The second-order valence-electron chi connectivity index (χ2n) is 6.70. The molecule has 0 radical (unpaired) electrons. The van der Waals surface area contributed by atoms with Crippen LogP contribution in [0.15, 0.2) is 21.9 Å². The molecular formula is C18H25N5O3S. The number of nitriles is 1. The molecule has 0 fully saturated rings. The second-order valence-corrected chi connectivity index (χ2v) is 7.65. The third-order valence-electron chi connectivity index (χ3n) is 4.32. The highest BCUT2D eigenvalue weighted by molar-refractivity contribution is 7.13. The summed E-state index contributed by atoms with van der Waals surface area (Å²) in [5.74, 6) is 0.646. The normalized spacial score (nSPS) is 13.5. The molecule has 0 aromatic carbocycles. The van der Waals surface area contributed by atoms with Crippen LogP contribution in [-0.2, 0) is 16.1 Å². The van der Waals surface area contributed by atoms with Crippen LogP contribution >= 0.6 is 11.3 Å². The Kier molecular flexibility index (Phi) is 7.47. The largest absolute Gasteiger partial charge is 0.419 e.